The second kappa shape index (κ2) is 12.2. The van der Waals surface area contributed by atoms with Gasteiger partial charge in [0.25, 0.3) is 10.1 Å². The van der Waals surface area contributed by atoms with Gasteiger partial charge in [0, 0.05) is 0 Å². The molecule has 2 aromatic carbocycles. The molecule has 0 saturated heterocycles. The van der Waals surface area contributed by atoms with Gasteiger partial charge in [-0.05, 0) is 30.5 Å². The van der Waals surface area contributed by atoms with Crippen LogP contribution in [0.1, 0.15) is 51.0 Å². The van der Waals surface area contributed by atoms with Crippen molar-refractivity contribution in [3.05, 3.63) is 48.0 Å². The SMILES string of the molecule is CCCCCCCCc1ccccc1Oc1c([O-])cccc1S(=O)(=O)O.[K+]. The molecule has 5 nitrogen and oxygen atoms in total. The van der Waals surface area contributed by atoms with Crippen molar-refractivity contribution in [2.75, 3.05) is 0 Å². The molecule has 0 heterocycles. The van der Waals surface area contributed by atoms with Gasteiger partial charge in [0.1, 0.15) is 16.4 Å². The third-order valence-corrected chi connectivity index (χ3v) is 5.08. The number of hydrogen-bond donors (Lipinski definition) is 1. The molecular weight excluding hydrogens is 391 g/mol. The maximum absolute atomic E-state index is 12.1. The van der Waals surface area contributed by atoms with E-state index >= 15 is 0 Å². The van der Waals surface area contributed by atoms with Crippen molar-refractivity contribution < 1.29 is 74.2 Å². The van der Waals surface area contributed by atoms with E-state index in [1.54, 1.807) is 12.1 Å². The molecule has 0 aliphatic rings. The summed E-state index contributed by atoms with van der Waals surface area (Å²) in [5, 5.41) is 12.1. The van der Waals surface area contributed by atoms with Gasteiger partial charge >= 0.3 is 51.4 Å². The van der Waals surface area contributed by atoms with E-state index in [4.69, 9.17) is 4.74 Å². The molecule has 0 spiro atoms. The number of hydrogen-bond acceptors (Lipinski definition) is 4. The Labute approximate surface area is 204 Å². The van der Waals surface area contributed by atoms with Crippen LogP contribution in [0.3, 0.4) is 0 Å². The Morgan fingerprint density at radius 2 is 1.63 bits per heavy atom. The third-order valence-electron chi connectivity index (χ3n) is 4.20. The molecule has 0 saturated carbocycles. The normalized spacial score (nSPS) is 11.0. The molecule has 27 heavy (non-hydrogen) atoms. The average molecular weight is 417 g/mol. The van der Waals surface area contributed by atoms with E-state index in [0.29, 0.717) is 5.75 Å². The second-order valence-corrected chi connectivity index (χ2v) is 7.68. The summed E-state index contributed by atoms with van der Waals surface area (Å²) in [7, 11) is -4.54. The number of para-hydroxylation sites is 2. The molecule has 0 radical (unpaired) electrons. The van der Waals surface area contributed by atoms with Crippen molar-refractivity contribution in [1.82, 2.24) is 0 Å². The third kappa shape index (κ3) is 7.85. The Bertz CT molecular complexity index is 821. The smallest absolute Gasteiger partial charge is 0.870 e. The summed E-state index contributed by atoms with van der Waals surface area (Å²) in [6.07, 6.45) is 7.77. The molecule has 2 aromatic rings. The molecule has 7 heteroatoms. The van der Waals surface area contributed by atoms with Crippen LogP contribution in [0.5, 0.6) is 17.2 Å². The number of aryl methyl sites for hydroxylation is 1. The minimum absolute atomic E-state index is 0. The van der Waals surface area contributed by atoms with Gasteiger partial charge in [-0.25, -0.2) is 0 Å². The molecular formula is C20H25KO5S. The van der Waals surface area contributed by atoms with Gasteiger partial charge < -0.3 is 9.84 Å². The maximum atomic E-state index is 12.1. The van der Waals surface area contributed by atoms with E-state index in [2.05, 4.69) is 6.92 Å². The van der Waals surface area contributed by atoms with Gasteiger partial charge in [0.2, 0.25) is 0 Å². The Balaban J connectivity index is 0.00000364. The summed E-state index contributed by atoms with van der Waals surface area (Å²) < 4.78 is 38.0. The van der Waals surface area contributed by atoms with E-state index in [1.807, 2.05) is 12.1 Å². The summed E-state index contributed by atoms with van der Waals surface area (Å²) in [6, 6.07) is 10.9. The first-order chi connectivity index (χ1) is 12.4. The van der Waals surface area contributed by atoms with Crippen LogP contribution in [0.15, 0.2) is 47.4 Å². The fourth-order valence-electron chi connectivity index (χ4n) is 2.82. The molecule has 0 bridgehead atoms. The first kappa shape index (κ1) is 24.6. The zero-order valence-electron chi connectivity index (χ0n) is 16.0. The van der Waals surface area contributed by atoms with E-state index < -0.39 is 20.8 Å². The summed E-state index contributed by atoms with van der Waals surface area (Å²) >= 11 is 0. The maximum Gasteiger partial charge on any atom is 1.00 e. The molecule has 2 rings (SSSR count). The topological polar surface area (TPSA) is 86.7 Å². The van der Waals surface area contributed by atoms with Crippen molar-refractivity contribution in [1.29, 1.82) is 0 Å². The van der Waals surface area contributed by atoms with Crippen LogP contribution in [0.2, 0.25) is 0 Å². The Morgan fingerprint density at radius 1 is 0.963 bits per heavy atom. The van der Waals surface area contributed by atoms with Crippen LogP contribution in [-0.4, -0.2) is 13.0 Å². The first-order valence-corrected chi connectivity index (χ1v) is 10.4. The van der Waals surface area contributed by atoms with E-state index in [0.717, 1.165) is 30.9 Å². The number of benzene rings is 2. The van der Waals surface area contributed by atoms with Gasteiger partial charge in [-0.15, -0.1) is 0 Å². The largest absolute Gasteiger partial charge is 1.00 e. The summed E-state index contributed by atoms with van der Waals surface area (Å²) in [5.74, 6) is -0.519. The Hall–Kier alpha value is -0.414. The van der Waals surface area contributed by atoms with E-state index in [9.17, 15) is 18.1 Å². The zero-order valence-corrected chi connectivity index (χ0v) is 19.9. The summed E-state index contributed by atoms with van der Waals surface area (Å²) in [4.78, 5) is -0.514. The van der Waals surface area contributed by atoms with Gasteiger partial charge in [0.15, 0.2) is 0 Å². The quantitative estimate of drug-likeness (QED) is 0.362. The number of rotatable bonds is 10. The molecule has 0 atom stereocenters. The Kier molecular flexibility index (Phi) is 11.1. The molecule has 1 N–H and O–H groups in total. The van der Waals surface area contributed by atoms with Gasteiger partial charge in [-0.3, -0.25) is 4.55 Å². The molecule has 142 valence electrons. The number of unbranched alkanes of at least 4 members (excludes halogenated alkanes) is 5. The second-order valence-electron chi connectivity index (χ2n) is 6.29. The fourth-order valence-corrected chi connectivity index (χ4v) is 3.44. The van der Waals surface area contributed by atoms with Crippen LogP contribution in [0, 0.1) is 0 Å². The first-order valence-electron chi connectivity index (χ1n) is 8.96. The van der Waals surface area contributed by atoms with Crippen LogP contribution in [-0.2, 0) is 16.5 Å². The van der Waals surface area contributed by atoms with E-state index in [1.165, 1.54) is 37.8 Å². The molecule has 0 aliphatic carbocycles. The molecule has 0 amide bonds. The zero-order chi connectivity index (χ0) is 19.0. The van der Waals surface area contributed by atoms with Crippen molar-refractivity contribution in [3.63, 3.8) is 0 Å². The van der Waals surface area contributed by atoms with Gasteiger partial charge in [-0.1, -0.05) is 75.1 Å². The van der Waals surface area contributed by atoms with Gasteiger partial charge in [0.05, 0.1) is 0 Å². The van der Waals surface area contributed by atoms with Gasteiger partial charge in [-0.2, -0.15) is 8.42 Å². The monoisotopic (exact) mass is 416 g/mol. The molecule has 0 unspecified atom stereocenters. The summed E-state index contributed by atoms with van der Waals surface area (Å²) in [5.41, 5.74) is 0.910. The predicted octanol–water partition coefficient (Wildman–Crippen LogP) is 1.71. The minimum atomic E-state index is -4.54. The average Bonchev–Trinajstić information content (AvgIpc) is 2.60. The molecule has 0 aromatic heterocycles. The van der Waals surface area contributed by atoms with Crippen molar-refractivity contribution >= 4 is 10.1 Å². The van der Waals surface area contributed by atoms with Crippen molar-refractivity contribution in [3.8, 4) is 17.2 Å². The predicted molar refractivity (Wildman–Crippen MR) is 99.3 cm³/mol. The van der Waals surface area contributed by atoms with Crippen LogP contribution in [0.4, 0.5) is 0 Å². The number of ether oxygens (including phenoxy) is 1. The molecule has 0 fully saturated rings. The molecule has 0 aliphatic heterocycles. The van der Waals surface area contributed by atoms with Crippen LogP contribution >= 0.6 is 0 Å². The fraction of sp³-hybridized carbons (Fsp3) is 0.400. The van der Waals surface area contributed by atoms with Crippen LogP contribution in [0.25, 0.3) is 0 Å². The van der Waals surface area contributed by atoms with Crippen molar-refractivity contribution in [2.24, 2.45) is 0 Å². The van der Waals surface area contributed by atoms with Crippen LogP contribution < -0.4 is 61.2 Å². The standard InChI is InChI=1S/C20H26O5S.K/c1-2-3-4-5-6-7-11-16-12-8-9-14-18(16)25-20-17(21)13-10-15-19(20)26(22,23)24;/h8-10,12-15,21H,2-7,11H2,1H3,(H,22,23,24);/q;+1/p-1. The summed E-state index contributed by atoms with van der Waals surface area (Å²) in [6.45, 7) is 2.18. The van der Waals surface area contributed by atoms with Crippen molar-refractivity contribution in [2.45, 2.75) is 56.8 Å². The minimum Gasteiger partial charge on any atom is -0.870 e. The van der Waals surface area contributed by atoms with E-state index in [-0.39, 0.29) is 57.1 Å². The Morgan fingerprint density at radius 3 is 2.33 bits per heavy atom.